The van der Waals surface area contributed by atoms with E-state index in [9.17, 15) is 9.90 Å². The summed E-state index contributed by atoms with van der Waals surface area (Å²) in [6.45, 7) is 3.40. The van der Waals surface area contributed by atoms with Gasteiger partial charge in [-0.25, -0.2) is 0 Å². The molecule has 0 radical (unpaired) electrons. The fourth-order valence-corrected chi connectivity index (χ4v) is 1.87. The molecule has 0 saturated carbocycles. The lowest BCUT2D eigenvalue weighted by atomic mass is 10.2. The van der Waals surface area contributed by atoms with Crippen LogP contribution in [-0.2, 0) is 9.53 Å². The van der Waals surface area contributed by atoms with E-state index in [1.165, 1.54) is 0 Å². The SMILES string of the molecule is CCOC(=O)CC(O)CNc1ccc2c(c1)OCCO2. The lowest BCUT2D eigenvalue weighted by Crippen LogP contribution is -2.24. The molecule has 0 saturated heterocycles. The molecule has 20 heavy (non-hydrogen) atoms. The molecule has 1 aliphatic rings. The molecule has 110 valence electrons. The second-order valence-corrected chi connectivity index (χ2v) is 4.40. The van der Waals surface area contributed by atoms with E-state index < -0.39 is 12.1 Å². The van der Waals surface area contributed by atoms with Gasteiger partial charge in [0.25, 0.3) is 0 Å². The highest BCUT2D eigenvalue weighted by atomic mass is 16.6. The van der Waals surface area contributed by atoms with Gasteiger partial charge in [0.1, 0.15) is 13.2 Å². The van der Waals surface area contributed by atoms with Crippen LogP contribution in [0.4, 0.5) is 5.69 Å². The van der Waals surface area contributed by atoms with Crippen molar-refractivity contribution in [1.29, 1.82) is 0 Å². The molecule has 1 aromatic carbocycles. The van der Waals surface area contributed by atoms with E-state index in [1.807, 2.05) is 18.2 Å². The van der Waals surface area contributed by atoms with Crippen LogP contribution in [0.3, 0.4) is 0 Å². The van der Waals surface area contributed by atoms with Crippen molar-refractivity contribution in [1.82, 2.24) is 0 Å². The molecule has 2 rings (SSSR count). The highest BCUT2D eigenvalue weighted by Crippen LogP contribution is 2.32. The number of carbonyl (C=O) groups excluding carboxylic acids is 1. The number of aliphatic hydroxyl groups is 1. The number of hydrogen-bond acceptors (Lipinski definition) is 6. The fourth-order valence-electron chi connectivity index (χ4n) is 1.87. The molecular weight excluding hydrogens is 262 g/mol. The van der Waals surface area contributed by atoms with Crippen molar-refractivity contribution >= 4 is 11.7 Å². The second kappa shape index (κ2) is 7.00. The summed E-state index contributed by atoms with van der Waals surface area (Å²) in [5.41, 5.74) is 0.803. The van der Waals surface area contributed by atoms with Crippen molar-refractivity contribution in [2.45, 2.75) is 19.4 Å². The van der Waals surface area contributed by atoms with Crippen molar-refractivity contribution in [3.8, 4) is 11.5 Å². The predicted molar refractivity (Wildman–Crippen MR) is 73.2 cm³/mol. The third kappa shape index (κ3) is 4.03. The molecule has 1 unspecified atom stereocenters. The molecule has 6 nitrogen and oxygen atoms in total. The van der Waals surface area contributed by atoms with E-state index in [-0.39, 0.29) is 13.0 Å². The van der Waals surface area contributed by atoms with Gasteiger partial charge in [-0.15, -0.1) is 0 Å². The molecule has 0 fully saturated rings. The molecule has 1 heterocycles. The average Bonchev–Trinajstić information content (AvgIpc) is 2.45. The Morgan fingerprint density at radius 1 is 1.40 bits per heavy atom. The maximum absolute atomic E-state index is 11.2. The summed E-state index contributed by atoms with van der Waals surface area (Å²) in [5, 5.41) is 12.8. The maximum atomic E-state index is 11.2. The van der Waals surface area contributed by atoms with Crippen molar-refractivity contribution in [2.75, 3.05) is 31.7 Å². The van der Waals surface area contributed by atoms with E-state index in [1.54, 1.807) is 6.92 Å². The Labute approximate surface area is 117 Å². The van der Waals surface area contributed by atoms with Gasteiger partial charge < -0.3 is 24.6 Å². The third-order valence-electron chi connectivity index (χ3n) is 2.79. The summed E-state index contributed by atoms with van der Waals surface area (Å²) >= 11 is 0. The number of fused-ring (bicyclic) bond motifs is 1. The highest BCUT2D eigenvalue weighted by Gasteiger charge is 2.14. The zero-order valence-corrected chi connectivity index (χ0v) is 11.4. The number of ether oxygens (including phenoxy) is 3. The van der Waals surface area contributed by atoms with Crippen molar-refractivity contribution in [3.05, 3.63) is 18.2 Å². The zero-order chi connectivity index (χ0) is 14.4. The molecule has 0 amide bonds. The van der Waals surface area contributed by atoms with Crippen LogP contribution in [0.2, 0.25) is 0 Å². The molecule has 0 aliphatic carbocycles. The number of anilines is 1. The number of rotatable bonds is 6. The fraction of sp³-hybridized carbons (Fsp3) is 0.500. The number of hydrogen-bond donors (Lipinski definition) is 2. The summed E-state index contributed by atoms with van der Waals surface area (Å²) in [7, 11) is 0. The smallest absolute Gasteiger partial charge is 0.308 e. The maximum Gasteiger partial charge on any atom is 0.308 e. The van der Waals surface area contributed by atoms with Gasteiger partial charge >= 0.3 is 5.97 Å². The normalized spacial score (nSPS) is 14.5. The molecule has 1 atom stereocenters. The molecule has 1 aliphatic heterocycles. The summed E-state index contributed by atoms with van der Waals surface area (Å²) in [6, 6.07) is 5.46. The summed E-state index contributed by atoms with van der Waals surface area (Å²) in [5.74, 6) is 0.999. The van der Waals surface area contributed by atoms with Crippen molar-refractivity contribution in [2.24, 2.45) is 0 Å². The van der Waals surface area contributed by atoms with Crippen LogP contribution in [0.15, 0.2) is 18.2 Å². The largest absolute Gasteiger partial charge is 0.486 e. The second-order valence-electron chi connectivity index (χ2n) is 4.40. The average molecular weight is 281 g/mol. The van der Waals surface area contributed by atoms with Gasteiger partial charge in [0.05, 0.1) is 19.1 Å². The van der Waals surface area contributed by atoms with E-state index >= 15 is 0 Å². The summed E-state index contributed by atoms with van der Waals surface area (Å²) in [4.78, 5) is 11.2. The Balaban J connectivity index is 1.83. The first-order valence-electron chi connectivity index (χ1n) is 6.66. The quantitative estimate of drug-likeness (QED) is 0.763. The minimum absolute atomic E-state index is 0.0224. The van der Waals surface area contributed by atoms with Crippen LogP contribution in [0.5, 0.6) is 11.5 Å². The van der Waals surface area contributed by atoms with Crippen LogP contribution in [-0.4, -0.2) is 43.5 Å². The predicted octanol–water partition coefficient (Wildman–Crippen LogP) is 1.18. The molecular formula is C14H19NO5. The minimum atomic E-state index is -0.790. The highest BCUT2D eigenvalue weighted by molar-refractivity contribution is 5.70. The number of benzene rings is 1. The number of aliphatic hydroxyl groups excluding tert-OH is 1. The summed E-state index contributed by atoms with van der Waals surface area (Å²) in [6.07, 6.45) is -0.812. The monoisotopic (exact) mass is 281 g/mol. The van der Waals surface area contributed by atoms with E-state index in [0.717, 1.165) is 5.69 Å². The van der Waals surface area contributed by atoms with Crippen LogP contribution < -0.4 is 14.8 Å². The van der Waals surface area contributed by atoms with Gasteiger partial charge in [-0.3, -0.25) is 4.79 Å². The Bertz CT molecular complexity index is 463. The first-order valence-corrected chi connectivity index (χ1v) is 6.66. The first kappa shape index (κ1) is 14.5. The van der Waals surface area contributed by atoms with Crippen LogP contribution in [0.25, 0.3) is 0 Å². The molecule has 6 heteroatoms. The van der Waals surface area contributed by atoms with Gasteiger partial charge in [0, 0.05) is 18.3 Å². The van der Waals surface area contributed by atoms with Crippen molar-refractivity contribution < 1.29 is 24.1 Å². The standard InChI is InChI=1S/C14H19NO5/c1-2-18-14(17)8-11(16)9-15-10-3-4-12-13(7-10)20-6-5-19-12/h3-4,7,11,15-16H,2,5-6,8-9H2,1H3. The van der Waals surface area contributed by atoms with Gasteiger partial charge in [0.2, 0.25) is 0 Å². The lowest BCUT2D eigenvalue weighted by molar-refractivity contribution is -0.145. The van der Waals surface area contributed by atoms with Gasteiger partial charge in [-0.2, -0.15) is 0 Å². The topological polar surface area (TPSA) is 77.0 Å². The van der Waals surface area contributed by atoms with Crippen LogP contribution >= 0.6 is 0 Å². The number of carbonyl (C=O) groups is 1. The number of nitrogens with one attached hydrogen (secondary N) is 1. The van der Waals surface area contributed by atoms with E-state index in [2.05, 4.69) is 5.32 Å². The first-order chi connectivity index (χ1) is 9.69. The number of esters is 1. The Kier molecular flexibility index (Phi) is 5.06. The Morgan fingerprint density at radius 3 is 2.90 bits per heavy atom. The zero-order valence-electron chi connectivity index (χ0n) is 11.4. The molecule has 0 aromatic heterocycles. The van der Waals surface area contributed by atoms with Gasteiger partial charge in [-0.1, -0.05) is 0 Å². The van der Waals surface area contributed by atoms with Gasteiger partial charge in [-0.05, 0) is 19.1 Å². The lowest BCUT2D eigenvalue weighted by Gasteiger charge is -2.19. The Morgan fingerprint density at radius 2 is 2.15 bits per heavy atom. The Hall–Kier alpha value is -1.95. The third-order valence-corrected chi connectivity index (χ3v) is 2.79. The molecule has 0 spiro atoms. The molecule has 1 aromatic rings. The van der Waals surface area contributed by atoms with Gasteiger partial charge in [0.15, 0.2) is 11.5 Å². The van der Waals surface area contributed by atoms with Crippen molar-refractivity contribution in [3.63, 3.8) is 0 Å². The van der Waals surface area contributed by atoms with E-state index in [4.69, 9.17) is 14.2 Å². The van der Waals surface area contributed by atoms with Crippen LogP contribution in [0.1, 0.15) is 13.3 Å². The minimum Gasteiger partial charge on any atom is -0.486 e. The summed E-state index contributed by atoms with van der Waals surface area (Å²) < 4.78 is 15.7. The van der Waals surface area contributed by atoms with E-state index in [0.29, 0.717) is 31.3 Å². The molecule has 0 bridgehead atoms. The molecule has 2 N–H and O–H groups in total. The van der Waals surface area contributed by atoms with Crippen LogP contribution in [0, 0.1) is 0 Å².